The predicted octanol–water partition coefficient (Wildman–Crippen LogP) is 3.33. The molecule has 0 radical (unpaired) electrons. The van der Waals surface area contributed by atoms with Crippen molar-refractivity contribution in [2.24, 2.45) is 0 Å². The molecule has 2 aromatic heterocycles. The highest BCUT2D eigenvalue weighted by Crippen LogP contribution is 2.40. The molecule has 1 amide bonds. The first-order valence-corrected chi connectivity index (χ1v) is 11.3. The standard InChI is InChI=1S/C26H30N4O4/c1-16-9-7-13-29-17(2)21(27-25(16)29)23(31)20-22(18-10-6-11-19(15-18)34-5)30(26(33)24(20)32)14-8-12-28(3)4/h6-7,9-11,13,15,22,31H,8,12,14H2,1-5H3/b23-20+. The van der Waals surface area contributed by atoms with Crippen molar-refractivity contribution in [3.63, 3.8) is 0 Å². The number of imidazole rings is 1. The number of Topliss-reactive ketones (excluding diaryl/α,β-unsaturated/α-hetero) is 1. The Morgan fingerprint density at radius 2 is 1.94 bits per heavy atom. The monoisotopic (exact) mass is 462 g/mol. The number of ketones is 1. The lowest BCUT2D eigenvalue weighted by atomic mass is 9.96. The number of ether oxygens (including phenoxy) is 1. The van der Waals surface area contributed by atoms with Crippen LogP contribution in [0.3, 0.4) is 0 Å². The number of aryl methyl sites for hydroxylation is 2. The van der Waals surface area contributed by atoms with Gasteiger partial charge in [-0.15, -0.1) is 0 Å². The van der Waals surface area contributed by atoms with E-state index in [9.17, 15) is 14.7 Å². The van der Waals surface area contributed by atoms with Crippen LogP contribution in [0.4, 0.5) is 0 Å². The van der Waals surface area contributed by atoms with Crippen molar-refractivity contribution in [2.45, 2.75) is 26.3 Å². The highest BCUT2D eigenvalue weighted by molar-refractivity contribution is 6.46. The minimum atomic E-state index is -0.734. The van der Waals surface area contributed by atoms with Crippen molar-refractivity contribution in [3.8, 4) is 5.75 Å². The highest BCUT2D eigenvalue weighted by Gasteiger charge is 2.46. The van der Waals surface area contributed by atoms with E-state index in [2.05, 4.69) is 4.98 Å². The molecule has 0 spiro atoms. The topological polar surface area (TPSA) is 87.4 Å². The van der Waals surface area contributed by atoms with Crippen LogP contribution in [-0.4, -0.2) is 70.3 Å². The molecular formula is C26H30N4O4. The molecule has 0 bridgehead atoms. The summed E-state index contributed by atoms with van der Waals surface area (Å²) < 4.78 is 7.25. The van der Waals surface area contributed by atoms with Gasteiger partial charge in [0, 0.05) is 12.7 Å². The van der Waals surface area contributed by atoms with Gasteiger partial charge in [-0.25, -0.2) is 4.98 Å². The van der Waals surface area contributed by atoms with Gasteiger partial charge in [-0.1, -0.05) is 18.2 Å². The van der Waals surface area contributed by atoms with Gasteiger partial charge in [0.2, 0.25) is 0 Å². The molecule has 8 nitrogen and oxygen atoms in total. The number of aliphatic hydroxyl groups is 1. The Hall–Kier alpha value is -3.65. The molecule has 1 atom stereocenters. The molecule has 1 fully saturated rings. The number of benzene rings is 1. The maximum atomic E-state index is 13.3. The normalized spacial score (nSPS) is 17.8. The summed E-state index contributed by atoms with van der Waals surface area (Å²) >= 11 is 0. The summed E-state index contributed by atoms with van der Waals surface area (Å²) in [5.41, 5.74) is 3.38. The summed E-state index contributed by atoms with van der Waals surface area (Å²) in [5.74, 6) is -0.980. The number of amides is 1. The fourth-order valence-corrected chi connectivity index (χ4v) is 4.50. The lowest BCUT2D eigenvalue weighted by Crippen LogP contribution is -2.32. The van der Waals surface area contributed by atoms with Gasteiger partial charge in [0.05, 0.1) is 24.4 Å². The first-order chi connectivity index (χ1) is 16.2. The van der Waals surface area contributed by atoms with E-state index < -0.39 is 17.7 Å². The number of aromatic nitrogens is 2. The number of rotatable bonds is 7. The van der Waals surface area contributed by atoms with Crippen LogP contribution in [0.5, 0.6) is 5.75 Å². The van der Waals surface area contributed by atoms with E-state index in [1.54, 1.807) is 24.1 Å². The molecule has 1 aromatic carbocycles. The van der Waals surface area contributed by atoms with Gasteiger partial charge in [0.25, 0.3) is 11.7 Å². The van der Waals surface area contributed by atoms with Gasteiger partial charge in [-0.2, -0.15) is 0 Å². The van der Waals surface area contributed by atoms with Gasteiger partial charge in [0.15, 0.2) is 5.76 Å². The Bertz CT molecular complexity index is 1290. The van der Waals surface area contributed by atoms with Crippen molar-refractivity contribution < 1.29 is 19.4 Å². The number of fused-ring (bicyclic) bond motifs is 1. The van der Waals surface area contributed by atoms with Gasteiger partial charge in [-0.3, -0.25) is 9.59 Å². The molecular weight excluding hydrogens is 432 g/mol. The van der Waals surface area contributed by atoms with Crippen LogP contribution < -0.4 is 4.74 Å². The molecule has 34 heavy (non-hydrogen) atoms. The van der Waals surface area contributed by atoms with Crippen LogP contribution in [0.1, 0.15) is 35.0 Å². The molecule has 0 saturated carbocycles. The quantitative estimate of drug-likeness (QED) is 0.329. The average Bonchev–Trinajstić information content (AvgIpc) is 3.29. The maximum Gasteiger partial charge on any atom is 0.295 e. The van der Waals surface area contributed by atoms with Crippen molar-refractivity contribution in [1.82, 2.24) is 19.2 Å². The lowest BCUT2D eigenvalue weighted by Gasteiger charge is -2.26. The van der Waals surface area contributed by atoms with E-state index in [1.165, 1.54) is 0 Å². The molecule has 8 heteroatoms. The van der Waals surface area contributed by atoms with E-state index >= 15 is 0 Å². The Morgan fingerprint density at radius 3 is 2.62 bits per heavy atom. The van der Waals surface area contributed by atoms with E-state index in [-0.39, 0.29) is 11.3 Å². The number of carbonyl (C=O) groups is 2. The molecule has 1 saturated heterocycles. The van der Waals surface area contributed by atoms with Gasteiger partial charge in [-0.05, 0) is 70.2 Å². The summed E-state index contributed by atoms with van der Waals surface area (Å²) in [6.07, 6.45) is 2.55. The van der Waals surface area contributed by atoms with Crippen molar-refractivity contribution in [3.05, 3.63) is 70.7 Å². The molecule has 3 aromatic rings. The predicted molar refractivity (Wildman–Crippen MR) is 130 cm³/mol. The van der Waals surface area contributed by atoms with Crippen LogP contribution in [0.2, 0.25) is 0 Å². The first kappa shape index (κ1) is 23.5. The van der Waals surface area contributed by atoms with Crippen molar-refractivity contribution in [1.29, 1.82) is 0 Å². The number of methoxy groups -OCH3 is 1. The number of pyridine rings is 1. The number of hydrogen-bond donors (Lipinski definition) is 1. The highest BCUT2D eigenvalue weighted by atomic mass is 16.5. The minimum absolute atomic E-state index is 0.0484. The number of aliphatic hydroxyl groups excluding tert-OH is 1. The molecule has 1 unspecified atom stereocenters. The van der Waals surface area contributed by atoms with Gasteiger partial charge < -0.3 is 24.0 Å². The van der Waals surface area contributed by atoms with Crippen LogP contribution in [0.25, 0.3) is 11.4 Å². The number of nitrogens with zero attached hydrogens (tertiary/aromatic N) is 4. The second-order valence-electron chi connectivity index (χ2n) is 8.86. The second-order valence-corrected chi connectivity index (χ2v) is 8.86. The Kier molecular flexibility index (Phi) is 6.43. The molecule has 1 aliphatic heterocycles. The van der Waals surface area contributed by atoms with Crippen molar-refractivity contribution >= 4 is 23.1 Å². The Labute approximate surface area is 199 Å². The summed E-state index contributed by atoms with van der Waals surface area (Å²) in [6.45, 7) is 4.91. The van der Waals surface area contributed by atoms with Crippen LogP contribution in [0, 0.1) is 13.8 Å². The number of likely N-dealkylation sites (tertiary alicyclic amines) is 1. The minimum Gasteiger partial charge on any atom is -0.505 e. The van der Waals surface area contributed by atoms with E-state index in [1.807, 2.05) is 67.7 Å². The van der Waals surface area contributed by atoms with Gasteiger partial charge >= 0.3 is 0 Å². The second kappa shape index (κ2) is 9.30. The largest absolute Gasteiger partial charge is 0.505 e. The number of hydrogen-bond acceptors (Lipinski definition) is 6. The zero-order chi connectivity index (χ0) is 24.6. The third kappa shape index (κ3) is 4.05. The van der Waals surface area contributed by atoms with Crippen LogP contribution in [0.15, 0.2) is 48.2 Å². The fraction of sp³-hybridized carbons (Fsp3) is 0.346. The average molecular weight is 463 g/mol. The zero-order valence-corrected chi connectivity index (χ0v) is 20.2. The summed E-state index contributed by atoms with van der Waals surface area (Å²) in [5, 5.41) is 11.4. The molecule has 1 aliphatic rings. The Morgan fingerprint density at radius 1 is 1.18 bits per heavy atom. The fourth-order valence-electron chi connectivity index (χ4n) is 4.50. The van der Waals surface area contributed by atoms with Gasteiger partial charge in [0.1, 0.15) is 17.1 Å². The summed E-state index contributed by atoms with van der Waals surface area (Å²) in [4.78, 5) is 34.6. The lowest BCUT2D eigenvalue weighted by molar-refractivity contribution is -0.139. The van der Waals surface area contributed by atoms with Crippen LogP contribution in [-0.2, 0) is 9.59 Å². The molecule has 0 aliphatic carbocycles. The SMILES string of the molecule is COc1cccc(C2/C(=C(\O)c3nc4c(C)cccn4c3C)C(=O)C(=O)N2CCCN(C)C)c1. The maximum absolute atomic E-state index is 13.3. The zero-order valence-electron chi connectivity index (χ0n) is 20.2. The molecule has 178 valence electrons. The smallest absolute Gasteiger partial charge is 0.295 e. The molecule has 4 rings (SSSR count). The first-order valence-electron chi connectivity index (χ1n) is 11.3. The third-order valence-electron chi connectivity index (χ3n) is 6.26. The molecule has 1 N–H and O–H groups in total. The summed E-state index contributed by atoms with van der Waals surface area (Å²) in [7, 11) is 5.49. The van der Waals surface area contributed by atoms with Crippen LogP contribution >= 0.6 is 0 Å². The summed E-state index contributed by atoms with van der Waals surface area (Å²) in [6, 6.07) is 10.4. The Balaban J connectivity index is 1.88. The third-order valence-corrected chi connectivity index (χ3v) is 6.26. The molecule has 3 heterocycles. The van der Waals surface area contributed by atoms with E-state index in [0.29, 0.717) is 41.3 Å². The van der Waals surface area contributed by atoms with E-state index in [4.69, 9.17) is 4.74 Å². The van der Waals surface area contributed by atoms with E-state index in [0.717, 1.165) is 12.1 Å². The number of carbonyl (C=O) groups excluding carboxylic acids is 2. The van der Waals surface area contributed by atoms with Crippen molar-refractivity contribution in [2.75, 3.05) is 34.3 Å².